The van der Waals surface area contributed by atoms with Crippen molar-refractivity contribution in [3.05, 3.63) is 58.4 Å². The van der Waals surface area contributed by atoms with Gasteiger partial charge in [0.1, 0.15) is 11.6 Å². The zero-order chi connectivity index (χ0) is 21.6. The number of thioether (sulfide) groups is 1. The van der Waals surface area contributed by atoms with Crippen molar-refractivity contribution in [1.29, 1.82) is 5.26 Å². The fourth-order valence-corrected chi connectivity index (χ4v) is 3.39. The normalized spacial score (nSPS) is 11.4. The first kappa shape index (κ1) is 22.5. The maximum absolute atomic E-state index is 12.3. The number of carbonyl (C=O) groups is 2. The van der Waals surface area contributed by atoms with Crippen molar-refractivity contribution in [2.45, 2.75) is 39.1 Å². The Balaban J connectivity index is 2.10. The van der Waals surface area contributed by atoms with Crippen LogP contribution in [0.2, 0.25) is 0 Å². The Hall–Kier alpha value is -2.78. The largest absolute Gasteiger partial charge is 0.453 e. The molecule has 29 heavy (non-hydrogen) atoms. The summed E-state index contributed by atoms with van der Waals surface area (Å²) in [5.74, 6) is -0.623. The number of benzene rings is 1. The van der Waals surface area contributed by atoms with Crippen LogP contribution >= 0.6 is 11.8 Å². The van der Waals surface area contributed by atoms with Crippen molar-refractivity contribution in [3.8, 4) is 6.07 Å². The topological polar surface area (TPSA) is 72.1 Å². The van der Waals surface area contributed by atoms with Crippen LogP contribution in [0.4, 0.5) is 0 Å². The first-order valence-electron chi connectivity index (χ1n) is 9.39. The first-order chi connectivity index (χ1) is 13.8. The average molecular weight is 411 g/mol. The van der Waals surface area contributed by atoms with Crippen LogP contribution in [-0.4, -0.2) is 29.2 Å². The number of esters is 1. The summed E-state index contributed by atoms with van der Waals surface area (Å²) in [4.78, 5) is 25.6. The maximum atomic E-state index is 12.3. The molecule has 0 unspecified atom stereocenters. The lowest BCUT2D eigenvalue weighted by molar-refractivity contribution is -0.137. The van der Waals surface area contributed by atoms with E-state index in [0.29, 0.717) is 11.5 Å². The number of ketones is 1. The Kier molecular flexibility index (Phi) is 7.86. The second kappa shape index (κ2) is 10.1. The second-order valence-electron chi connectivity index (χ2n) is 7.23. The summed E-state index contributed by atoms with van der Waals surface area (Å²) in [7, 11) is 0. The van der Waals surface area contributed by atoms with Gasteiger partial charge in [-0.05, 0) is 55.9 Å². The van der Waals surface area contributed by atoms with E-state index in [1.807, 2.05) is 44.4 Å². The molecule has 1 aromatic heterocycles. The van der Waals surface area contributed by atoms with Gasteiger partial charge in [0, 0.05) is 28.4 Å². The number of ether oxygens (including phenoxy) is 1. The fourth-order valence-electron chi connectivity index (χ4n) is 2.98. The van der Waals surface area contributed by atoms with Crippen molar-refractivity contribution in [3.63, 3.8) is 0 Å². The van der Waals surface area contributed by atoms with E-state index in [4.69, 9.17) is 4.74 Å². The minimum absolute atomic E-state index is 0.125. The van der Waals surface area contributed by atoms with Gasteiger partial charge in [0.25, 0.3) is 0 Å². The van der Waals surface area contributed by atoms with Crippen LogP contribution in [0.15, 0.2) is 40.8 Å². The molecule has 0 aliphatic carbocycles. The predicted molar refractivity (Wildman–Crippen MR) is 116 cm³/mol. The average Bonchev–Trinajstić information content (AvgIpc) is 2.96. The molecule has 0 amide bonds. The number of rotatable bonds is 8. The van der Waals surface area contributed by atoms with Crippen LogP contribution < -0.4 is 0 Å². The fraction of sp³-hybridized carbons (Fsp3) is 0.348. The molecular formula is C23H26N2O3S. The smallest absolute Gasteiger partial charge is 0.349 e. The van der Waals surface area contributed by atoms with Gasteiger partial charge in [0.15, 0.2) is 12.4 Å². The third-order valence-electron chi connectivity index (χ3n) is 4.55. The number of nitrogens with zero attached hydrogens (tertiary/aromatic N) is 2. The van der Waals surface area contributed by atoms with Crippen LogP contribution in [0.3, 0.4) is 0 Å². The van der Waals surface area contributed by atoms with Crippen LogP contribution in [-0.2, 0) is 16.1 Å². The Morgan fingerprint density at radius 2 is 1.90 bits per heavy atom. The maximum Gasteiger partial charge on any atom is 0.349 e. The van der Waals surface area contributed by atoms with E-state index in [0.717, 1.165) is 28.4 Å². The number of nitriles is 1. The molecule has 0 saturated heterocycles. The number of hydrogen-bond donors (Lipinski definition) is 0. The van der Waals surface area contributed by atoms with E-state index in [-0.39, 0.29) is 11.4 Å². The van der Waals surface area contributed by atoms with Crippen molar-refractivity contribution in [2.75, 3.05) is 12.9 Å². The summed E-state index contributed by atoms with van der Waals surface area (Å²) in [5, 5.41) is 9.40. The van der Waals surface area contributed by atoms with Crippen molar-refractivity contribution in [2.24, 2.45) is 5.92 Å². The molecule has 0 N–H and O–H groups in total. The standard InChI is InChI=1S/C23H26N2O3S/c1-15(2)13-25-16(3)10-19(17(25)4)11-20(12-24)23(27)28-14-22(26)18-6-8-21(29-5)9-7-18/h6-11,15H,13-14H2,1-5H3/b20-11+. The number of carbonyl (C=O) groups excluding carboxylic acids is 2. The van der Waals surface area contributed by atoms with Gasteiger partial charge < -0.3 is 9.30 Å². The molecule has 152 valence electrons. The summed E-state index contributed by atoms with van der Waals surface area (Å²) in [6.45, 7) is 8.70. The molecule has 1 heterocycles. The summed E-state index contributed by atoms with van der Waals surface area (Å²) in [6, 6.07) is 10.9. The van der Waals surface area contributed by atoms with Crippen LogP contribution in [0, 0.1) is 31.1 Å². The molecule has 0 atom stereocenters. The quantitative estimate of drug-likeness (QED) is 0.205. The second-order valence-corrected chi connectivity index (χ2v) is 8.11. The predicted octanol–water partition coefficient (Wildman–Crippen LogP) is 4.82. The Morgan fingerprint density at radius 3 is 2.45 bits per heavy atom. The molecule has 0 spiro atoms. The molecule has 6 heteroatoms. The Bertz CT molecular complexity index is 963. The highest BCUT2D eigenvalue weighted by molar-refractivity contribution is 7.98. The van der Waals surface area contributed by atoms with Gasteiger partial charge in [-0.25, -0.2) is 4.79 Å². The Labute approximate surface area is 176 Å². The number of aromatic nitrogens is 1. The highest BCUT2D eigenvalue weighted by Gasteiger charge is 2.16. The zero-order valence-electron chi connectivity index (χ0n) is 17.5. The van der Waals surface area contributed by atoms with Crippen molar-refractivity contribution >= 4 is 29.6 Å². The van der Waals surface area contributed by atoms with Gasteiger partial charge in [-0.1, -0.05) is 26.0 Å². The lowest BCUT2D eigenvalue weighted by atomic mass is 10.1. The third-order valence-corrected chi connectivity index (χ3v) is 5.29. The van der Waals surface area contributed by atoms with Crippen molar-refractivity contribution in [1.82, 2.24) is 4.57 Å². The van der Waals surface area contributed by atoms with E-state index in [1.54, 1.807) is 23.9 Å². The molecule has 0 saturated carbocycles. The Morgan fingerprint density at radius 1 is 1.24 bits per heavy atom. The number of aryl methyl sites for hydroxylation is 1. The van der Waals surface area contributed by atoms with E-state index in [9.17, 15) is 14.9 Å². The molecule has 2 aromatic rings. The monoisotopic (exact) mass is 410 g/mol. The van der Waals surface area contributed by atoms with Crippen LogP contribution in [0.5, 0.6) is 0 Å². The lowest BCUT2D eigenvalue weighted by Crippen LogP contribution is -2.15. The van der Waals surface area contributed by atoms with E-state index in [2.05, 4.69) is 18.4 Å². The van der Waals surface area contributed by atoms with Gasteiger partial charge in [0.2, 0.25) is 0 Å². The summed E-state index contributed by atoms with van der Waals surface area (Å²) in [6.07, 6.45) is 3.48. The minimum Gasteiger partial charge on any atom is -0.453 e. The molecule has 5 nitrogen and oxygen atoms in total. The van der Waals surface area contributed by atoms with Gasteiger partial charge >= 0.3 is 5.97 Å². The van der Waals surface area contributed by atoms with E-state index < -0.39 is 12.6 Å². The summed E-state index contributed by atoms with van der Waals surface area (Å²) < 4.78 is 7.26. The van der Waals surface area contributed by atoms with Crippen LogP contribution in [0.1, 0.15) is 41.2 Å². The van der Waals surface area contributed by atoms with Crippen LogP contribution in [0.25, 0.3) is 6.08 Å². The minimum atomic E-state index is -0.796. The lowest BCUT2D eigenvalue weighted by Gasteiger charge is -2.12. The summed E-state index contributed by atoms with van der Waals surface area (Å²) in [5.41, 5.74) is 3.20. The van der Waals surface area contributed by atoms with Gasteiger partial charge in [-0.2, -0.15) is 5.26 Å². The van der Waals surface area contributed by atoms with E-state index >= 15 is 0 Å². The zero-order valence-corrected chi connectivity index (χ0v) is 18.3. The molecule has 0 aliphatic heterocycles. The van der Waals surface area contributed by atoms with Gasteiger partial charge in [0.05, 0.1) is 0 Å². The summed E-state index contributed by atoms with van der Waals surface area (Å²) >= 11 is 1.58. The molecule has 0 fully saturated rings. The molecule has 0 aliphatic rings. The molecule has 2 rings (SSSR count). The first-order valence-corrected chi connectivity index (χ1v) is 10.6. The SMILES string of the molecule is CSc1ccc(C(=O)COC(=O)/C(C#N)=C/c2cc(C)n(CC(C)C)c2C)cc1. The highest BCUT2D eigenvalue weighted by Crippen LogP contribution is 2.20. The van der Waals surface area contributed by atoms with Crippen molar-refractivity contribution < 1.29 is 14.3 Å². The number of hydrogen-bond acceptors (Lipinski definition) is 5. The molecule has 1 aromatic carbocycles. The third kappa shape index (κ3) is 5.85. The number of Topliss-reactive ketones (excluding diaryl/α,β-unsaturated/α-hetero) is 1. The van der Waals surface area contributed by atoms with Gasteiger partial charge in [-0.3, -0.25) is 4.79 Å². The molecule has 0 bridgehead atoms. The van der Waals surface area contributed by atoms with Gasteiger partial charge in [-0.15, -0.1) is 11.8 Å². The highest BCUT2D eigenvalue weighted by atomic mass is 32.2. The molecular weight excluding hydrogens is 384 g/mol. The van der Waals surface area contributed by atoms with E-state index in [1.165, 1.54) is 6.08 Å². The molecule has 0 radical (unpaired) electrons.